The Morgan fingerprint density at radius 1 is 1.07 bits per heavy atom. The second-order valence-corrected chi connectivity index (χ2v) is 11.2. The molecule has 2 heterocycles. The molecule has 3 aromatic rings. The number of aliphatic hydroxyl groups excluding tert-OH is 5. The van der Waals surface area contributed by atoms with Crippen molar-refractivity contribution in [2.75, 3.05) is 8.85 Å². The number of halogens is 1. The second kappa shape index (κ2) is 13.5. The number of carboxylic acid groups (broad SMARTS) is 1. The first-order chi connectivity index (χ1) is 21.1. The Morgan fingerprint density at radius 2 is 1.69 bits per heavy atom. The van der Waals surface area contributed by atoms with Crippen molar-refractivity contribution in [1.29, 1.82) is 0 Å². The van der Waals surface area contributed by atoms with Gasteiger partial charge in [-0.1, -0.05) is 0 Å². The standard InChI is InChI=1S/C25H28IN7O12/c26-33(8-10-7-28-20-14(29-10)22(42)32-24(27)31-20)11-3-1-9(2-4-11)21(41)30-12(5-6-13(34)35)23(43)45-25(44)18(39)16(37)15(36)17(38)19(25)40/h1-4,7,12,15-19,36-40,44H,5-6,8H2,(H,30,41)(H,34,35)(H3,27,28,31,32,42)/t12-,15?,16-,17+,18+,19+,25?/m0/s1. The maximum Gasteiger partial charge on any atom is 0.331 e. The predicted molar refractivity (Wildman–Crippen MR) is 158 cm³/mol. The van der Waals surface area contributed by atoms with Crippen LogP contribution in [0.25, 0.3) is 11.2 Å². The van der Waals surface area contributed by atoms with Crippen LogP contribution in [0, 0.1) is 0 Å². The maximum atomic E-state index is 13.0. The van der Waals surface area contributed by atoms with Crippen molar-refractivity contribution in [2.24, 2.45) is 0 Å². The molecule has 1 amide bonds. The third-order valence-electron chi connectivity index (χ3n) is 6.89. The number of nitrogen functional groups attached to an aromatic ring is 1. The van der Waals surface area contributed by atoms with Crippen LogP contribution in [0.3, 0.4) is 0 Å². The van der Waals surface area contributed by atoms with Gasteiger partial charge in [0.1, 0.15) is 24.4 Å². The second-order valence-electron chi connectivity index (χ2n) is 10.0. The number of nitrogens with two attached hydrogens (primary N) is 1. The Hall–Kier alpha value is -4.06. The average Bonchev–Trinajstić information content (AvgIpc) is 3.00. The normalized spacial score (nSPS) is 25.4. The zero-order valence-electron chi connectivity index (χ0n) is 22.9. The van der Waals surface area contributed by atoms with Crippen molar-refractivity contribution in [1.82, 2.24) is 25.3 Å². The zero-order chi connectivity index (χ0) is 33.2. The van der Waals surface area contributed by atoms with Crippen LogP contribution in [0.4, 0.5) is 11.6 Å². The number of carboxylic acids is 1. The summed E-state index contributed by atoms with van der Waals surface area (Å²) >= 11 is 1.97. The number of aromatic nitrogens is 4. The molecule has 242 valence electrons. The number of anilines is 2. The summed E-state index contributed by atoms with van der Waals surface area (Å²) in [6.45, 7) is 0.184. The van der Waals surface area contributed by atoms with Crippen molar-refractivity contribution in [2.45, 2.75) is 61.7 Å². The number of nitrogens with zero attached hydrogens (tertiary/aromatic N) is 4. The van der Waals surface area contributed by atoms with Gasteiger partial charge in [0.25, 0.3) is 17.3 Å². The molecule has 1 aromatic carbocycles. The summed E-state index contributed by atoms with van der Waals surface area (Å²) in [4.78, 5) is 63.8. The summed E-state index contributed by atoms with van der Waals surface area (Å²) in [7, 11) is 0. The quantitative estimate of drug-likeness (QED) is 0.0420. The van der Waals surface area contributed by atoms with Gasteiger partial charge in [-0.15, -0.1) is 0 Å². The van der Waals surface area contributed by atoms with Crippen LogP contribution in [0.15, 0.2) is 35.3 Å². The minimum Gasteiger partial charge on any atom is -0.481 e. The summed E-state index contributed by atoms with van der Waals surface area (Å²) in [5.74, 6) is -7.14. The molecule has 0 spiro atoms. The third-order valence-corrected chi connectivity index (χ3v) is 7.79. The number of H-pyrrole nitrogens is 1. The summed E-state index contributed by atoms with van der Waals surface area (Å²) in [6.07, 6.45) is -11.3. The molecule has 1 fully saturated rings. The number of hydrogen-bond donors (Lipinski definition) is 10. The van der Waals surface area contributed by atoms with E-state index >= 15 is 0 Å². The first-order valence-electron chi connectivity index (χ1n) is 13.1. The lowest BCUT2D eigenvalue weighted by atomic mass is 9.82. The molecule has 1 saturated carbocycles. The van der Waals surface area contributed by atoms with Crippen molar-refractivity contribution in [3.8, 4) is 0 Å². The van der Waals surface area contributed by atoms with Gasteiger partial charge in [-0.2, -0.15) is 4.98 Å². The Labute approximate surface area is 265 Å². The molecule has 2 unspecified atom stereocenters. The monoisotopic (exact) mass is 745 g/mol. The lowest BCUT2D eigenvalue weighted by molar-refractivity contribution is -0.348. The molecule has 19 nitrogen and oxygen atoms in total. The summed E-state index contributed by atoms with van der Waals surface area (Å²) < 4.78 is 6.50. The zero-order valence-corrected chi connectivity index (χ0v) is 25.0. The number of carbonyl (C=O) groups excluding carboxylic acids is 2. The SMILES string of the molecule is Nc1nc2ncc(CN(I)c3ccc(C(=O)N[C@@H](CCC(=O)O)C(=O)OC4(O)[C@H](O)[C@H](O)C(O)[C@H](O)[C@H]4O)cc3)nc2c(=O)[nH]1. The third kappa shape index (κ3) is 7.27. The van der Waals surface area contributed by atoms with E-state index in [0.717, 1.165) is 0 Å². The summed E-state index contributed by atoms with van der Waals surface area (Å²) in [5.41, 5.74) is 6.06. The molecule has 0 bridgehead atoms. The molecule has 7 atom stereocenters. The van der Waals surface area contributed by atoms with Gasteiger partial charge < -0.3 is 54.6 Å². The van der Waals surface area contributed by atoms with Crippen LogP contribution in [0.1, 0.15) is 28.9 Å². The average molecular weight is 745 g/mol. The van der Waals surface area contributed by atoms with Gasteiger partial charge >= 0.3 is 11.9 Å². The number of aliphatic carboxylic acids is 1. The van der Waals surface area contributed by atoms with Crippen molar-refractivity contribution in [3.63, 3.8) is 0 Å². The first kappa shape index (κ1) is 33.8. The van der Waals surface area contributed by atoms with Crippen LogP contribution in [-0.2, 0) is 20.9 Å². The fourth-order valence-electron chi connectivity index (χ4n) is 4.41. The van der Waals surface area contributed by atoms with Crippen molar-refractivity contribution in [3.05, 3.63) is 52.1 Å². The summed E-state index contributed by atoms with van der Waals surface area (Å²) in [6, 6.07) is 4.12. The Morgan fingerprint density at radius 3 is 2.29 bits per heavy atom. The van der Waals surface area contributed by atoms with E-state index in [1.807, 2.05) is 22.9 Å². The van der Waals surface area contributed by atoms with E-state index in [4.69, 9.17) is 15.6 Å². The molecule has 0 radical (unpaired) electrons. The molecule has 1 aliphatic carbocycles. The number of esters is 1. The van der Waals surface area contributed by atoms with E-state index in [2.05, 4.69) is 25.3 Å². The van der Waals surface area contributed by atoms with E-state index < -0.39 is 78.6 Å². The van der Waals surface area contributed by atoms with Crippen LogP contribution in [-0.4, -0.2) is 116 Å². The predicted octanol–water partition coefficient (Wildman–Crippen LogP) is -3.33. The molecule has 0 aliphatic heterocycles. The number of ether oxygens (including phenoxy) is 1. The Balaban J connectivity index is 1.46. The fourth-order valence-corrected chi connectivity index (χ4v) is 5.08. The first-order valence-corrected chi connectivity index (χ1v) is 14.0. The highest BCUT2D eigenvalue weighted by molar-refractivity contribution is 14.1. The van der Waals surface area contributed by atoms with Crippen molar-refractivity contribution < 1.29 is 54.9 Å². The number of benzene rings is 1. The van der Waals surface area contributed by atoms with Crippen LogP contribution < -0.4 is 19.7 Å². The van der Waals surface area contributed by atoms with Gasteiger partial charge in [0.15, 0.2) is 23.4 Å². The Bertz CT molecular complexity index is 1620. The van der Waals surface area contributed by atoms with E-state index in [1.165, 1.54) is 18.3 Å². The molecule has 4 rings (SSSR count). The van der Waals surface area contributed by atoms with E-state index in [9.17, 15) is 49.8 Å². The molecule has 11 N–H and O–H groups in total. The molecular formula is C25H28IN7O12. The van der Waals surface area contributed by atoms with Gasteiger partial charge in [-0.3, -0.25) is 19.4 Å². The topological polar surface area (TPSA) is 315 Å². The van der Waals surface area contributed by atoms with Crippen molar-refractivity contribution >= 4 is 63.5 Å². The summed E-state index contributed by atoms with van der Waals surface area (Å²) in [5, 5.41) is 71.8. The number of nitrogens with one attached hydrogen (secondary N) is 2. The Kier molecular flexibility index (Phi) is 10.2. The number of carbonyl (C=O) groups is 3. The molecule has 2 aromatic heterocycles. The molecule has 0 saturated heterocycles. The maximum absolute atomic E-state index is 13.0. The minimum absolute atomic E-state index is 0.000861. The number of fused-ring (bicyclic) bond motifs is 1. The highest BCUT2D eigenvalue weighted by Gasteiger charge is 2.60. The highest BCUT2D eigenvalue weighted by atomic mass is 127. The minimum atomic E-state index is -3.32. The number of aliphatic hydroxyl groups is 6. The van der Waals surface area contributed by atoms with Crippen LogP contribution in [0.5, 0.6) is 0 Å². The number of hydrogen-bond acceptors (Lipinski definition) is 16. The van der Waals surface area contributed by atoms with Gasteiger partial charge in [-0.05, 0) is 30.7 Å². The fraction of sp³-hybridized carbons (Fsp3) is 0.400. The van der Waals surface area contributed by atoms with E-state index in [0.29, 0.717) is 11.4 Å². The highest BCUT2D eigenvalue weighted by Crippen LogP contribution is 2.32. The van der Waals surface area contributed by atoms with Gasteiger partial charge in [-0.25, -0.2) is 14.8 Å². The van der Waals surface area contributed by atoms with E-state index in [1.54, 1.807) is 15.2 Å². The number of amides is 1. The molecule has 45 heavy (non-hydrogen) atoms. The van der Waals surface area contributed by atoms with Gasteiger partial charge in [0.05, 0.1) is 41.3 Å². The number of rotatable bonds is 10. The largest absolute Gasteiger partial charge is 0.481 e. The van der Waals surface area contributed by atoms with Gasteiger partial charge in [0, 0.05) is 17.7 Å². The molecule has 1 aliphatic rings. The molecular weight excluding hydrogens is 717 g/mol. The smallest absolute Gasteiger partial charge is 0.331 e. The van der Waals surface area contributed by atoms with Crippen LogP contribution in [0.2, 0.25) is 0 Å². The molecule has 20 heteroatoms. The van der Waals surface area contributed by atoms with Gasteiger partial charge in [0.2, 0.25) is 5.95 Å². The lowest BCUT2D eigenvalue weighted by Gasteiger charge is -2.46. The van der Waals surface area contributed by atoms with Crippen LogP contribution >= 0.6 is 22.9 Å². The van der Waals surface area contributed by atoms with E-state index in [-0.39, 0.29) is 29.2 Å². The lowest BCUT2D eigenvalue weighted by Crippen LogP contribution is -2.72. The number of aromatic amines is 1.